The highest BCUT2D eigenvalue weighted by atomic mass is 31.2. The number of aliphatic hydroxyl groups is 6. The highest BCUT2D eigenvalue weighted by Gasteiger charge is 2.21. The molecule has 0 heterocycles. The van der Waals surface area contributed by atoms with Crippen LogP contribution in [0.25, 0.3) is 27.6 Å². The number of rotatable bonds is 8. The van der Waals surface area contributed by atoms with Crippen LogP contribution in [-0.2, 0) is 11.0 Å². The Labute approximate surface area is 219 Å². The second-order valence-corrected chi connectivity index (χ2v) is 10.2. The van der Waals surface area contributed by atoms with Crippen LogP contribution in [0, 0.1) is 0 Å². The molecule has 0 unspecified atom stereocenters. The van der Waals surface area contributed by atoms with E-state index >= 15 is 0 Å². The zero-order valence-corrected chi connectivity index (χ0v) is 21.5. The third-order valence-electron chi connectivity index (χ3n) is 5.87. The fraction of sp³-hybridized carbons (Fsp3) is 0.360. The number of aliphatic hydroxyl groups excluding tert-OH is 6. The van der Waals surface area contributed by atoms with Crippen LogP contribution in [0.2, 0.25) is 0 Å². The van der Waals surface area contributed by atoms with E-state index in [0.29, 0.717) is 0 Å². The lowest BCUT2D eigenvalue weighted by Gasteiger charge is -2.20. The second-order valence-electron chi connectivity index (χ2n) is 9.04. The van der Waals surface area contributed by atoms with Crippen molar-refractivity contribution in [3.05, 3.63) is 59.7 Å². The largest absolute Gasteiger partial charge is 0.524 e. The van der Waals surface area contributed by atoms with Gasteiger partial charge in [0.15, 0.2) is 0 Å². The van der Waals surface area contributed by atoms with E-state index in [1.807, 2.05) is 12.1 Å². The number of phosphoric acid groups is 1. The lowest BCUT2D eigenvalue weighted by atomic mass is 9.96. The summed E-state index contributed by atoms with van der Waals surface area (Å²) in [5.41, 5.74) is 10.5. The molecule has 4 rings (SSSR count). The number of benzene rings is 3. The predicted octanol–water partition coefficient (Wildman–Crippen LogP) is -0.645. The molecule has 38 heavy (non-hydrogen) atoms. The average Bonchev–Trinajstić information content (AvgIpc) is 3.41. The van der Waals surface area contributed by atoms with E-state index in [2.05, 4.69) is 34.9 Å². The second kappa shape index (κ2) is 13.6. The molecule has 0 saturated carbocycles. The van der Waals surface area contributed by atoms with Crippen molar-refractivity contribution in [3.8, 4) is 5.75 Å². The maximum absolute atomic E-state index is 10.9. The minimum Gasteiger partial charge on any atom is -0.404 e. The van der Waals surface area contributed by atoms with E-state index in [1.165, 1.54) is 16.5 Å². The van der Waals surface area contributed by atoms with Gasteiger partial charge in [-0.2, -0.15) is 0 Å². The van der Waals surface area contributed by atoms with Crippen LogP contribution in [-0.4, -0.2) is 91.1 Å². The first-order chi connectivity index (χ1) is 17.9. The van der Waals surface area contributed by atoms with Crippen molar-refractivity contribution in [2.75, 3.05) is 39.6 Å². The summed E-state index contributed by atoms with van der Waals surface area (Å²) in [5.74, 6) is 0.169. The molecule has 0 fully saturated rings. The summed E-state index contributed by atoms with van der Waals surface area (Å²) in [6.07, 6.45) is 5.23. The molecule has 0 aliphatic heterocycles. The molecule has 3 aromatic carbocycles. The fourth-order valence-corrected chi connectivity index (χ4v) is 3.77. The van der Waals surface area contributed by atoms with E-state index in [4.69, 9.17) is 51.9 Å². The summed E-state index contributed by atoms with van der Waals surface area (Å²) < 4.78 is 15.6. The van der Waals surface area contributed by atoms with Crippen molar-refractivity contribution in [1.82, 2.24) is 0 Å². The molecule has 1 aliphatic carbocycles. The number of phosphoric ester groups is 1. The Hall–Kier alpha value is -2.45. The molecule has 0 aromatic heterocycles. The maximum Gasteiger partial charge on any atom is 0.524 e. The van der Waals surface area contributed by atoms with E-state index in [0.717, 1.165) is 22.6 Å². The summed E-state index contributed by atoms with van der Waals surface area (Å²) in [7, 11) is -4.53. The van der Waals surface area contributed by atoms with Crippen molar-refractivity contribution < 1.29 is 49.5 Å². The van der Waals surface area contributed by atoms with Gasteiger partial charge in [0.25, 0.3) is 0 Å². The Balaban J connectivity index is 0.000000264. The molecule has 12 nitrogen and oxygen atoms in total. The van der Waals surface area contributed by atoms with Gasteiger partial charge in [0.05, 0.1) is 50.7 Å². The molecule has 12 N–H and O–H groups in total. The molecule has 0 amide bonds. The first-order valence-electron chi connectivity index (χ1n) is 11.5. The first kappa shape index (κ1) is 31.8. The molecule has 0 spiro atoms. The van der Waals surface area contributed by atoms with Crippen molar-refractivity contribution >= 4 is 35.4 Å². The predicted molar refractivity (Wildman–Crippen MR) is 143 cm³/mol. The van der Waals surface area contributed by atoms with Crippen LogP contribution in [0.3, 0.4) is 0 Å². The molecule has 1 aliphatic rings. The summed E-state index contributed by atoms with van der Waals surface area (Å²) in [4.78, 5) is 17.8. The van der Waals surface area contributed by atoms with Crippen LogP contribution in [0.15, 0.2) is 48.5 Å². The molecule has 0 saturated heterocycles. The topological polar surface area (TPSA) is 240 Å². The number of hydrogen-bond acceptors (Lipinski definition) is 10. The van der Waals surface area contributed by atoms with Gasteiger partial charge >= 0.3 is 7.82 Å². The van der Waals surface area contributed by atoms with Gasteiger partial charge in [-0.3, -0.25) is 9.79 Å². The molecule has 0 atom stereocenters. The van der Waals surface area contributed by atoms with Crippen molar-refractivity contribution in [3.63, 3.8) is 0 Å². The van der Waals surface area contributed by atoms with Gasteiger partial charge in [-0.25, -0.2) is 4.57 Å². The first-order valence-corrected chi connectivity index (χ1v) is 13.0. The zero-order valence-electron chi connectivity index (χ0n) is 20.6. The minimum absolute atomic E-state index is 0.169. The van der Waals surface area contributed by atoms with Crippen LogP contribution >= 0.6 is 7.82 Å². The summed E-state index contributed by atoms with van der Waals surface area (Å²) in [5, 5.41) is 54.3. The smallest absolute Gasteiger partial charge is 0.404 e. The van der Waals surface area contributed by atoms with Gasteiger partial charge in [-0.1, -0.05) is 42.5 Å². The highest BCUT2D eigenvalue weighted by molar-refractivity contribution is 7.46. The van der Waals surface area contributed by atoms with Gasteiger partial charge < -0.3 is 46.6 Å². The van der Waals surface area contributed by atoms with Crippen molar-refractivity contribution in [1.29, 1.82) is 0 Å². The molecule has 0 bridgehead atoms. The Morgan fingerprint density at radius 3 is 1.71 bits per heavy atom. The zero-order chi connectivity index (χ0) is 28.6. The van der Waals surface area contributed by atoms with Crippen LogP contribution in [0.5, 0.6) is 5.75 Å². The molecular formula is C25H35N2O10P. The Morgan fingerprint density at radius 1 is 0.737 bits per heavy atom. The number of hydrogen-bond donors (Lipinski definition) is 10. The van der Waals surface area contributed by atoms with Crippen molar-refractivity contribution in [2.24, 2.45) is 11.5 Å². The molecule has 0 radical (unpaired) electrons. The standard InChI is InChI=1S/C17H13O4P.2C4H11NO3/c18-22(19,20)21-13-6-9-15-12(10-13)5-8-16-14-3-1-2-11(14)4-7-17(15)16;2*5-4(1-6,2-7)3-8/h1-2,4-10H,3H2,(H2,18,19,20);2*6-8H,1-3,5H2. The molecule has 210 valence electrons. The highest BCUT2D eigenvalue weighted by Crippen LogP contribution is 2.40. The van der Waals surface area contributed by atoms with E-state index in [1.54, 1.807) is 12.1 Å². The van der Waals surface area contributed by atoms with Gasteiger partial charge in [-0.05, 0) is 51.2 Å². The lowest BCUT2D eigenvalue weighted by molar-refractivity contribution is 0.0695. The van der Waals surface area contributed by atoms with Crippen LogP contribution in [0.4, 0.5) is 0 Å². The van der Waals surface area contributed by atoms with Crippen LogP contribution in [0.1, 0.15) is 11.1 Å². The Morgan fingerprint density at radius 2 is 1.24 bits per heavy atom. The lowest BCUT2D eigenvalue weighted by Crippen LogP contribution is -2.50. The molecular weight excluding hydrogens is 519 g/mol. The monoisotopic (exact) mass is 554 g/mol. The molecule has 3 aromatic rings. The SMILES string of the molecule is NC(CO)(CO)CO.NC(CO)(CO)CO.O=P(O)(O)Oc1ccc2c(ccc3c4c(ccc32)C=CC4)c1. The van der Waals surface area contributed by atoms with Crippen molar-refractivity contribution in [2.45, 2.75) is 17.5 Å². The van der Waals surface area contributed by atoms with Gasteiger partial charge in [0.1, 0.15) is 5.75 Å². The Bertz CT molecular complexity index is 1250. The van der Waals surface area contributed by atoms with E-state index in [9.17, 15) is 4.57 Å². The minimum atomic E-state index is -4.53. The molecule has 13 heteroatoms. The average molecular weight is 555 g/mol. The normalized spacial score (nSPS) is 13.0. The van der Waals surface area contributed by atoms with E-state index in [-0.39, 0.29) is 5.75 Å². The van der Waals surface area contributed by atoms with Gasteiger partial charge in [-0.15, -0.1) is 0 Å². The third kappa shape index (κ3) is 8.27. The summed E-state index contributed by atoms with van der Waals surface area (Å²) >= 11 is 0. The third-order valence-corrected chi connectivity index (χ3v) is 6.32. The Kier molecular flexibility index (Phi) is 11.3. The van der Waals surface area contributed by atoms with Gasteiger partial charge in [0, 0.05) is 0 Å². The van der Waals surface area contributed by atoms with Gasteiger partial charge in [0.2, 0.25) is 0 Å². The summed E-state index contributed by atoms with van der Waals surface area (Å²) in [6, 6.07) is 13.3. The fourth-order valence-electron chi connectivity index (χ4n) is 3.39. The maximum atomic E-state index is 10.9. The van der Waals surface area contributed by atoms with Crippen LogP contribution < -0.4 is 16.0 Å². The number of fused-ring (bicyclic) bond motifs is 5. The number of allylic oxidation sites excluding steroid dienone is 1. The number of nitrogens with two attached hydrogens (primary N) is 2. The quantitative estimate of drug-likeness (QED) is 0.123. The summed E-state index contributed by atoms with van der Waals surface area (Å²) in [6.45, 7) is -2.42. The van der Waals surface area contributed by atoms with E-state index < -0.39 is 58.5 Å².